The average Bonchev–Trinajstić information content (AvgIpc) is 2.60. The average molecular weight is 214 g/mol. The number of nitrogens with zero attached hydrogens (tertiary/aromatic N) is 2. The predicted molar refractivity (Wildman–Crippen MR) is 63.2 cm³/mol. The Balaban J connectivity index is 2.10. The van der Waals surface area contributed by atoms with Gasteiger partial charge in [0.2, 0.25) is 0 Å². The highest BCUT2D eigenvalue weighted by Crippen LogP contribution is 2.30. The Hall–Kier alpha value is -1.64. The number of carbonyl (C=O) groups is 1. The molecular formula is C13H14N2O. The van der Waals surface area contributed by atoms with Crippen LogP contribution >= 0.6 is 0 Å². The van der Waals surface area contributed by atoms with Crippen LogP contribution in [0.1, 0.15) is 23.7 Å². The lowest BCUT2D eigenvalue weighted by molar-refractivity contribution is 0.0767. The van der Waals surface area contributed by atoms with Crippen LogP contribution in [0.25, 0.3) is 0 Å². The third kappa shape index (κ3) is 1.28. The number of rotatable bonds is 0. The molecule has 1 amide bonds. The van der Waals surface area contributed by atoms with Crippen molar-refractivity contribution in [2.24, 2.45) is 10.9 Å². The number of para-hydroxylation sites is 1. The van der Waals surface area contributed by atoms with Crippen LogP contribution in [-0.2, 0) is 0 Å². The molecule has 2 atom stereocenters. The normalized spacial score (nSPS) is 27.6. The van der Waals surface area contributed by atoms with E-state index in [-0.39, 0.29) is 11.9 Å². The van der Waals surface area contributed by atoms with E-state index in [1.165, 1.54) is 0 Å². The molecule has 0 radical (unpaired) electrons. The van der Waals surface area contributed by atoms with Crippen molar-refractivity contribution in [1.82, 2.24) is 4.90 Å². The molecule has 1 saturated heterocycles. The van der Waals surface area contributed by atoms with Crippen LogP contribution in [0.4, 0.5) is 5.69 Å². The van der Waals surface area contributed by atoms with Gasteiger partial charge >= 0.3 is 0 Å². The smallest absolute Gasteiger partial charge is 0.256 e. The van der Waals surface area contributed by atoms with Crippen molar-refractivity contribution < 1.29 is 4.79 Å². The lowest BCUT2D eigenvalue weighted by Crippen LogP contribution is -2.37. The fourth-order valence-corrected chi connectivity index (χ4v) is 2.51. The minimum absolute atomic E-state index is 0.127. The number of benzene rings is 1. The van der Waals surface area contributed by atoms with Gasteiger partial charge < -0.3 is 4.90 Å². The number of fused-ring (bicyclic) bond motifs is 2. The van der Waals surface area contributed by atoms with Crippen molar-refractivity contribution in [3.63, 3.8) is 0 Å². The molecule has 3 nitrogen and oxygen atoms in total. The first-order valence-electron chi connectivity index (χ1n) is 5.71. The maximum atomic E-state index is 12.3. The lowest BCUT2D eigenvalue weighted by Gasteiger charge is -2.21. The highest BCUT2D eigenvalue weighted by atomic mass is 16.2. The molecule has 1 fully saturated rings. The summed E-state index contributed by atoms with van der Waals surface area (Å²) < 4.78 is 0. The van der Waals surface area contributed by atoms with Crippen LogP contribution in [0, 0.1) is 5.92 Å². The van der Waals surface area contributed by atoms with Gasteiger partial charge in [-0.25, -0.2) is 0 Å². The molecule has 3 heteroatoms. The monoisotopic (exact) mass is 214 g/mol. The van der Waals surface area contributed by atoms with E-state index >= 15 is 0 Å². The molecule has 0 N–H and O–H groups in total. The summed E-state index contributed by atoms with van der Waals surface area (Å²) in [5.41, 5.74) is 1.53. The molecule has 2 unspecified atom stereocenters. The van der Waals surface area contributed by atoms with Crippen molar-refractivity contribution in [2.45, 2.75) is 19.4 Å². The second kappa shape index (κ2) is 3.44. The van der Waals surface area contributed by atoms with Crippen molar-refractivity contribution in [1.29, 1.82) is 0 Å². The Morgan fingerprint density at radius 3 is 3.06 bits per heavy atom. The molecule has 0 spiro atoms. The Morgan fingerprint density at radius 1 is 1.38 bits per heavy atom. The zero-order chi connectivity index (χ0) is 11.1. The van der Waals surface area contributed by atoms with Crippen LogP contribution < -0.4 is 0 Å². The minimum atomic E-state index is 0.127. The van der Waals surface area contributed by atoms with Crippen LogP contribution in [0.5, 0.6) is 0 Å². The van der Waals surface area contributed by atoms with Crippen LogP contribution in [0.15, 0.2) is 29.3 Å². The highest BCUT2D eigenvalue weighted by Gasteiger charge is 2.35. The summed E-state index contributed by atoms with van der Waals surface area (Å²) in [5.74, 6) is 0.643. The maximum absolute atomic E-state index is 12.3. The standard InChI is InChI=1S/C13H14N2O/c1-9-6-7-15-12(9)8-14-11-5-3-2-4-10(11)13(15)16/h2-5,8-9,12H,6-7H2,1H3. The summed E-state index contributed by atoms with van der Waals surface area (Å²) in [5, 5.41) is 0. The minimum Gasteiger partial charge on any atom is -0.330 e. The van der Waals surface area contributed by atoms with Gasteiger partial charge in [0.1, 0.15) is 0 Å². The predicted octanol–water partition coefficient (Wildman–Crippen LogP) is 2.25. The number of carbonyl (C=O) groups excluding carboxylic acids is 1. The topological polar surface area (TPSA) is 32.7 Å². The van der Waals surface area contributed by atoms with Crippen molar-refractivity contribution in [3.8, 4) is 0 Å². The van der Waals surface area contributed by atoms with Gasteiger partial charge in [-0.05, 0) is 24.5 Å². The molecule has 0 aliphatic carbocycles. The van der Waals surface area contributed by atoms with Gasteiger partial charge in [0.15, 0.2) is 0 Å². The van der Waals surface area contributed by atoms with Crippen LogP contribution in [0.2, 0.25) is 0 Å². The summed E-state index contributed by atoms with van der Waals surface area (Å²) in [6, 6.07) is 7.76. The third-order valence-corrected chi connectivity index (χ3v) is 3.53. The summed E-state index contributed by atoms with van der Waals surface area (Å²) in [6.07, 6.45) is 3.01. The molecule has 1 aromatic rings. The summed E-state index contributed by atoms with van der Waals surface area (Å²) >= 11 is 0. The Labute approximate surface area is 94.8 Å². The Bertz CT molecular complexity index is 467. The number of hydrogen-bond acceptors (Lipinski definition) is 2. The summed E-state index contributed by atoms with van der Waals surface area (Å²) in [7, 11) is 0. The third-order valence-electron chi connectivity index (χ3n) is 3.53. The van der Waals surface area contributed by atoms with Crippen LogP contribution in [0.3, 0.4) is 0 Å². The van der Waals surface area contributed by atoms with E-state index in [1.807, 2.05) is 35.4 Å². The van der Waals surface area contributed by atoms with Gasteiger partial charge in [0.25, 0.3) is 5.91 Å². The van der Waals surface area contributed by atoms with E-state index in [4.69, 9.17) is 0 Å². The van der Waals surface area contributed by atoms with Gasteiger partial charge in [-0.1, -0.05) is 19.1 Å². The molecule has 2 aliphatic heterocycles. The van der Waals surface area contributed by atoms with E-state index in [2.05, 4.69) is 11.9 Å². The van der Waals surface area contributed by atoms with Gasteiger partial charge in [-0.15, -0.1) is 0 Å². The van der Waals surface area contributed by atoms with Gasteiger partial charge in [0, 0.05) is 12.8 Å². The SMILES string of the molecule is CC1CCN2C(=O)c3ccccc3N=CC12. The zero-order valence-electron chi connectivity index (χ0n) is 9.26. The van der Waals surface area contributed by atoms with E-state index in [9.17, 15) is 4.79 Å². The van der Waals surface area contributed by atoms with Gasteiger partial charge in [-0.3, -0.25) is 9.79 Å². The summed E-state index contributed by atoms with van der Waals surface area (Å²) in [6.45, 7) is 3.03. The molecular weight excluding hydrogens is 200 g/mol. The van der Waals surface area contributed by atoms with Crippen LogP contribution in [-0.4, -0.2) is 29.6 Å². The molecule has 2 heterocycles. The number of amides is 1. The van der Waals surface area contributed by atoms with E-state index in [1.54, 1.807) is 0 Å². The van der Waals surface area contributed by atoms with Gasteiger partial charge in [0.05, 0.1) is 17.3 Å². The van der Waals surface area contributed by atoms with E-state index in [0.29, 0.717) is 5.92 Å². The largest absolute Gasteiger partial charge is 0.330 e. The second-order valence-corrected chi connectivity index (χ2v) is 4.55. The maximum Gasteiger partial charge on any atom is 0.256 e. The first kappa shape index (κ1) is 9.58. The quantitative estimate of drug-likeness (QED) is 0.652. The molecule has 2 aliphatic rings. The molecule has 82 valence electrons. The summed E-state index contributed by atoms with van der Waals surface area (Å²) in [4.78, 5) is 18.7. The Morgan fingerprint density at radius 2 is 2.19 bits per heavy atom. The number of hydrogen-bond donors (Lipinski definition) is 0. The molecule has 16 heavy (non-hydrogen) atoms. The first-order chi connectivity index (χ1) is 7.77. The fourth-order valence-electron chi connectivity index (χ4n) is 2.51. The zero-order valence-corrected chi connectivity index (χ0v) is 9.26. The molecule has 0 aromatic heterocycles. The molecule has 3 rings (SSSR count). The second-order valence-electron chi connectivity index (χ2n) is 4.55. The van der Waals surface area contributed by atoms with Crippen molar-refractivity contribution in [2.75, 3.05) is 6.54 Å². The lowest BCUT2D eigenvalue weighted by atomic mass is 10.0. The van der Waals surface area contributed by atoms with Crippen molar-refractivity contribution >= 4 is 17.8 Å². The van der Waals surface area contributed by atoms with Crippen molar-refractivity contribution in [3.05, 3.63) is 29.8 Å². The van der Waals surface area contributed by atoms with E-state index in [0.717, 1.165) is 24.2 Å². The number of aliphatic imine (C=N–C) groups is 1. The highest BCUT2D eigenvalue weighted by molar-refractivity contribution is 6.02. The van der Waals surface area contributed by atoms with Gasteiger partial charge in [-0.2, -0.15) is 0 Å². The first-order valence-corrected chi connectivity index (χ1v) is 5.71. The van der Waals surface area contributed by atoms with E-state index < -0.39 is 0 Å². The molecule has 0 bridgehead atoms. The fraction of sp³-hybridized carbons (Fsp3) is 0.385. The Kier molecular flexibility index (Phi) is 2.06. The molecule has 1 aromatic carbocycles. The molecule has 0 saturated carbocycles.